The minimum Gasteiger partial charge on any atom is -0.322 e. The summed E-state index contributed by atoms with van der Waals surface area (Å²) in [6.07, 6.45) is 0. The lowest BCUT2D eigenvalue weighted by Crippen LogP contribution is -2.13. The molecule has 20 heavy (non-hydrogen) atoms. The van der Waals surface area contributed by atoms with Crippen LogP contribution in [-0.2, 0) is 0 Å². The maximum Gasteiger partial charge on any atom is 0.255 e. The van der Waals surface area contributed by atoms with Crippen LogP contribution in [0.2, 0.25) is 10.0 Å². The second-order valence-corrected chi connectivity index (χ2v) is 4.98. The van der Waals surface area contributed by atoms with Crippen LogP contribution in [0.1, 0.15) is 15.9 Å². The van der Waals surface area contributed by atoms with Gasteiger partial charge in [-0.2, -0.15) is 0 Å². The molecule has 0 unspecified atom stereocenters. The molecule has 0 spiro atoms. The summed E-state index contributed by atoms with van der Waals surface area (Å²) >= 11 is 11.3. The fourth-order valence-electron chi connectivity index (χ4n) is 1.71. The standard InChI is InChI=1S/C14H9Cl2F2NO/c1-7-4-8(17)2-3-10(7)14(20)19-9-5-11(15)13(18)12(16)6-9/h2-6H,1H3,(H,19,20). The molecule has 0 heterocycles. The number of halogens is 4. The second kappa shape index (κ2) is 5.77. The van der Waals surface area contributed by atoms with Crippen LogP contribution in [0.3, 0.4) is 0 Å². The molecule has 0 aliphatic carbocycles. The van der Waals surface area contributed by atoms with Crippen molar-refractivity contribution in [3.8, 4) is 0 Å². The summed E-state index contributed by atoms with van der Waals surface area (Å²) in [6.45, 7) is 1.61. The molecule has 0 aliphatic heterocycles. The zero-order valence-electron chi connectivity index (χ0n) is 10.3. The Morgan fingerprint density at radius 1 is 1.10 bits per heavy atom. The Bertz CT molecular complexity index is 666. The van der Waals surface area contributed by atoms with Crippen molar-refractivity contribution < 1.29 is 13.6 Å². The van der Waals surface area contributed by atoms with Gasteiger partial charge in [-0.25, -0.2) is 8.78 Å². The molecule has 104 valence electrons. The van der Waals surface area contributed by atoms with Gasteiger partial charge in [0.2, 0.25) is 0 Å². The van der Waals surface area contributed by atoms with Crippen LogP contribution in [0.15, 0.2) is 30.3 Å². The predicted molar refractivity (Wildman–Crippen MR) is 75.5 cm³/mol. The highest BCUT2D eigenvalue weighted by atomic mass is 35.5. The zero-order valence-corrected chi connectivity index (χ0v) is 11.8. The van der Waals surface area contributed by atoms with E-state index >= 15 is 0 Å². The molecule has 0 radical (unpaired) electrons. The van der Waals surface area contributed by atoms with Crippen molar-refractivity contribution in [1.82, 2.24) is 0 Å². The largest absolute Gasteiger partial charge is 0.322 e. The first-order chi connectivity index (χ1) is 9.38. The minimum absolute atomic E-state index is 0.191. The van der Waals surface area contributed by atoms with E-state index in [-0.39, 0.29) is 15.7 Å². The number of anilines is 1. The number of benzene rings is 2. The Kier molecular flexibility index (Phi) is 4.26. The number of amides is 1. The van der Waals surface area contributed by atoms with Crippen molar-refractivity contribution in [2.45, 2.75) is 6.92 Å². The summed E-state index contributed by atoms with van der Waals surface area (Å²) in [6, 6.07) is 6.30. The Morgan fingerprint density at radius 3 is 2.25 bits per heavy atom. The van der Waals surface area contributed by atoms with Gasteiger partial charge in [-0.3, -0.25) is 4.79 Å². The summed E-state index contributed by atoms with van der Waals surface area (Å²) in [5, 5.41) is 2.15. The molecule has 2 aromatic rings. The summed E-state index contributed by atoms with van der Waals surface area (Å²) in [5.41, 5.74) is 1.06. The number of rotatable bonds is 2. The van der Waals surface area contributed by atoms with Crippen LogP contribution in [0.4, 0.5) is 14.5 Å². The van der Waals surface area contributed by atoms with Crippen LogP contribution in [0.25, 0.3) is 0 Å². The first kappa shape index (κ1) is 14.8. The third-order valence-corrected chi connectivity index (χ3v) is 3.22. The van der Waals surface area contributed by atoms with Gasteiger partial charge in [0, 0.05) is 11.3 Å². The Balaban J connectivity index is 2.28. The van der Waals surface area contributed by atoms with Gasteiger partial charge in [0.1, 0.15) is 5.82 Å². The molecule has 1 amide bonds. The lowest BCUT2D eigenvalue weighted by atomic mass is 10.1. The third kappa shape index (κ3) is 3.08. The number of carbonyl (C=O) groups is 1. The molecule has 6 heteroatoms. The van der Waals surface area contributed by atoms with Gasteiger partial charge in [-0.1, -0.05) is 23.2 Å². The first-order valence-electron chi connectivity index (χ1n) is 5.60. The van der Waals surface area contributed by atoms with Crippen molar-refractivity contribution in [3.05, 3.63) is 63.1 Å². The van der Waals surface area contributed by atoms with E-state index in [1.165, 1.54) is 30.3 Å². The Hall–Kier alpha value is -1.65. The van der Waals surface area contributed by atoms with E-state index in [9.17, 15) is 13.6 Å². The highest BCUT2D eigenvalue weighted by Gasteiger charge is 2.13. The average Bonchev–Trinajstić information content (AvgIpc) is 2.35. The maximum atomic E-state index is 13.3. The van der Waals surface area contributed by atoms with E-state index in [1.807, 2.05) is 0 Å². The van der Waals surface area contributed by atoms with E-state index in [0.29, 0.717) is 11.1 Å². The van der Waals surface area contributed by atoms with Crippen LogP contribution in [0, 0.1) is 18.6 Å². The SMILES string of the molecule is Cc1cc(F)ccc1C(=O)Nc1cc(Cl)c(F)c(Cl)c1. The predicted octanol–water partition coefficient (Wildman–Crippen LogP) is 4.83. The van der Waals surface area contributed by atoms with E-state index < -0.39 is 17.5 Å². The van der Waals surface area contributed by atoms with Crippen LogP contribution < -0.4 is 5.32 Å². The second-order valence-electron chi connectivity index (χ2n) is 4.17. The van der Waals surface area contributed by atoms with E-state index in [4.69, 9.17) is 23.2 Å². The lowest BCUT2D eigenvalue weighted by Gasteiger charge is -2.09. The molecule has 2 nitrogen and oxygen atoms in total. The lowest BCUT2D eigenvalue weighted by molar-refractivity contribution is 0.102. The van der Waals surface area contributed by atoms with Crippen LogP contribution in [0.5, 0.6) is 0 Å². The van der Waals surface area contributed by atoms with Crippen LogP contribution >= 0.6 is 23.2 Å². The minimum atomic E-state index is -0.746. The highest BCUT2D eigenvalue weighted by Crippen LogP contribution is 2.27. The summed E-state index contributed by atoms with van der Waals surface area (Å²) < 4.78 is 26.2. The Morgan fingerprint density at radius 2 is 1.70 bits per heavy atom. The number of nitrogens with one attached hydrogen (secondary N) is 1. The van der Waals surface area contributed by atoms with E-state index in [0.717, 1.165) is 0 Å². The molecular formula is C14H9Cl2F2NO. The number of aryl methyl sites for hydroxylation is 1. The monoisotopic (exact) mass is 315 g/mol. The molecule has 2 aromatic carbocycles. The molecule has 0 saturated heterocycles. The molecule has 0 aromatic heterocycles. The Labute approximate surface area is 124 Å². The van der Waals surface area contributed by atoms with Crippen molar-refractivity contribution >= 4 is 34.8 Å². The van der Waals surface area contributed by atoms with E-state index in [1.54, 1.807) is 6.92 Å². The third-order valence-electron chi connectivity index (χ3n) is 2.67. The number of hydrogen-bond acceptors (Lipinski definition) is 1. The van der Waals surface area contributed by atoms with Gasteiger partial charge in [0.05, 0.1) is 10.0 Å². The smallest absolute Gasteiger partial charge is 0.255 e. The fraction of sp³-hybridized carbons (Fsp3) is 0.0714. The molecular weight excluding hydrogens is 307 g/mol. The van der Waals surface area contributed by atoms with Gasteiger partial charge in [0.25, 0.3) is 5.91 Å². The molecule has 0 bridgehead atoms. The molecule has 0 fully saturated rings. The first-order valence-corrected chi connectivity index (χ1v) is 6.36. The molecule has 2 rings (SSSR count). The topological polar surface area (TPSA) is 29.1 Å². The van der Waals surface area contributed by atoms with Gasteiger partial charge in [0.15, 0.2) is 5.82 Å². The molecule has 1 N–H and O–H groups in total. The van der Waals surface area contributed by atoms with Crippen molar-refractivity contribution in [3.63, 3.8) is 0 Å². The maximum absolute atomic E-state index is 13.3. The van der Waals surface area contributed by atoms with Gasteiger partial charge >= 0.3 is 0 Å². The van der Waals surface area contributed by atoms with Gasteiger partial charge < -0.3 is 5.32 Å². The molecule has 0 atom stereocenters. The summed E-state index contributed by atoms with van der Waals surface area (Å²) in [4.78, 5) is 12.0. The summed E-state index contributed by atoms with van der Waals surface area (Å²) in [7, 11) is 0. The van der Waals surface area contributed by atoms with Gasteiger partial charge in [-0.05, 0) is 42.8 Å². The van der Waals surface area contributed by atoms with E-state index in [2.05, 4.69) is 5.32 Å². The van der Waals surface area contributed by atoms with Crippen molar-refractivity contribution in [2.24, 2.45) is 0 Å². The quantitative estimate of drug-likeness (QED) is 0.790. The summed E-state index contributed by atoms with van der Waals surface area (Å²) in [5.74, 6) is -1.63. The zero-order chi connectivity index (χ0) is 14.9. The van der Waals surface area contributed by atoms with Crippen molar-refractivity contribution in [2.75, 3.05) is 5.32 Å². The molecule has 0 aliphatic rings. The van der Waals surface area contributed by atoms with Gasteiger partial charge in [-0.15, -0.1) is 0 Å². The fourth-order valence-corrected chi connectivity index (χ4v) is 2.20. The number of carbonyl (C=O) groups excluding carboxylic acids is 1. The normalized spacial score (nSPS) is 10.4. The van der Waals surface area contributed by atoms with Crippen LogP contribution in [-0.4, -0.2) is 5.91 Å². The highest BCUT2D eigenvalue weighted by molar-refractivity contribution is 6.35. The molecule has 0 saturated carbocycles. The van der Waals surface area contributed by atoms with Crippen molar-refractivity contribution in [1.29, 1.82) is 0 Å². The average molecular weight is 316 g/mol. The number of hydrogen-bond donors (Lipinski definition) is 1.